The summed E-state index contributed by atoms with van der Waals surface area (Å²) in [5.74, 6) is 0.302. The van der Waals surface area contributed by atoms with Crippen LogP contribution in [0.15, 0.2) is 18.5 Å². The van der Waals surface area contributed by atoms with Crippen LogP contribution < -0.4 is 10.1 Å². The average Bonchev–Trinajstić information content (AvgIpc) is 2.38. The van der Waals surface area contributed by atoms with E-state index in [2.05, 4.69) is 10.3 Å². The molecule has 0 aromatic carbocycles. The van der Waals surface area contributed by atoms with Crippen molar-refractivity contribution in [2.24, 2.45) is 0 Å². The maximum Gasteiger partial charge on any atom is 0.246 e. The van der Waals surface area contributed by atoms with Gasteiger partial charge in [0.15, 0.2) is 5.75 Å². The van der Waals surface area contributed by atoms with E-state index in [0.29, 0.717) is 17.9 Å². The second kappa shape index (κ2) is 5.27. The molecule has 0 spiro atoms. The topological polar surface area (TPSA) is 84.2 Å². The van der Waals surface area contributed by atoms with E-state index in [1.54, 1.807) is 6.07 Å². The van der Waals surface area contributed by atoms with E-state index in [0.717, 1.165) is 0 Å². The van der Waals surface area contributed by atoms with Crippen molar-refractivity contribution in [3.8, 4) is 11.8 Å². The average molecular weight is 233 g/mol. The highest BCUT2D eigenvalue weighted by Gasteiger charge is 2.19. The van der Waals surface area contributed by atoms with Gasteiger partial charge in [0.1, 0.15) is 25.4 Å². The number of nitrogens with one attached hydrogen (secondary N) is 1. The number of hydrogen-bond donors (Lipinski definition) is 1. The highest BCUT2D eigenvalue weighted by Crippen LogP contribution is 2.15. The van der Waals surface area contributed by atoms with Crippen molar-refractivity contribution in [1.82, 2.24) is 10.3 Å². The minimum absolute atomic E-state index is 0.0478. The van der Waals surface area contributed by atoms with Crippen LogP contribution in [0.2, 0.25) is 0 Å². The number of carbonyl (C=O) groups is 1. The fourth-order valence-corrected chi connectivity index (χ4v) is 1.41. The van der Waals surface area contributed by atoms with Crippen molar-refractivity contribution in [1.29, 1.82) is 5.26 Å². The lowest BCUT2D eigenvalue weighted by molar-refractivity contribution is -0.134. The van der Waals surface area contributed by atoms with E-state index in [-0.39, 0.29) is 25.2 Å². The van der Waals surface area contributed by atoms with E-state index >= 15 is 0 Å². The Morgan fingerprint density at radius 3 is 3.29 bits per heavy atom. The first kappa shape index (κ1) is 11.4. The normalized spacial score (nSPS) is 19.2. The highest BCUT2D eigenvalue weighted by molar-refractivity contribution is 5.77. The van der Waals surface area contributed by atoms with Gasteiger partial charge in [-0.3, -0.25) is 9.78 Å². The molecule has 6 nitrogen and oxygen atoms in total. The summed E-state index contributed by atoms with van der Waals surface area (Å²) in [6, 6.07) is 3.60. The van der Waals surface area contributed by atoms with Crippen LogP contribution in [0.5, 0.6) is 5.75 Å². The predicted octanol–water partition coefficient (Wildman–Crippen LogP) is -0.153. The Morgan fingerprint density at radius 2 is 2.59 bits per heavy atom. The maximum absolute atomic E-state index is 10.9. The molecule has 0 saturated carbocycles. The predicted molar refractivity (Wildman–Crippen MR) is 57.2 cm³/mol. The van der Waals surface area contributed by atoms with E-state index in [4.69, 9.17) is 14.7 Å². The number of ether oxygens (including phenoxy) is 2. The lowest BCUT2D eigenvalue weighted by Gasteiger charge is -2.23. The second-order valence-corrected chi connectivity index (χ2v) is 3.53. The molecule has 0 bridgehead atoms. The second-order valence-electron chi connectivity index (χ2n) is 3.53. The van der Waals surface area contributed by atoms with Crippen molar-refractivity contribution >= 4 is 5.91 Å². The molecule has 0 unspecified atom stereocenters. The summed E-state index contributed by atoms with van der Waals surface area (Å²) in [4.78, 5) is 14.7. The largest absolute Gasteiger partial charge is 0.488 e. The summed E-state index contributed by atoms with van der Waals surface area (Å²) in [6.07, 6.45) is 2.82. The molecule has 1 amide bonds. The zero-order chi connectivity index (χ0) is 12.1. The Morgan fingerprint density at radius 1 is 1.71 bits per heavy atom. The van der Waals surface area contributed by atoms with Gasteiger partial charge in [0.2, 0.25) is 5.91 Å². The minimum Gasteiger partial charge on any atom is -0.488 e. The number of rotatable bonds is 3. The van der Waals surface area contributed by atoms with Crippen LogP contribution in [0.1, 0.15) is 5.56 Å². The summed E-state index contributed by atoms with van der Waals surface area (Å²) < 4.78 is 10.7. The molecular formula is C11H11N3O3. The molecule has 2 rings (SSSR count). The van der Waals surface area contributed by atoms with Gasteiger partial charge in [0.25, 0.3) is 0 Å². The third kappa shape index (κ3) is 2.92. The molecule has 1 N–H and O–H groups in total. The number of nitriles is 1. The molecule has 1 saturated heterocycles. The van der Waals surface area contributed by atoms with Crippen molar-refractivity contribution in [3.05, 3.63) is 24.0 Å². The molecule has 1 aromatic rings. The first-order valence-corrected chi connectivity index (χ1v) is 5.15. The SMILES string of the molecule is N#Cc1ccncc1OC[C@@H]1CNC(=O)CO1. The van der Waals surface area contributed by atoms with Gasteiger partial charge >= 0.3 is 0 Å². The Kier molecular flexibility index (Phi) is 3.52. The standard InChI is InChI=1S/C11H11N3O3/c12-3-8-1-2-13-5-10(8)17-6-9-4-14-11(15)7-16-9/h1-2,5,9H,4,6-7H2,(H,14,15)/t9-/m0/s1. The minimum atomic E-state index is -0.195. The molecule has 88 valence electrons. The lowest BCUT2D eigenvalue weighted by Crippen LogP contribution is -2.45. The molecule has 0 aliphatic carbocycles. The summed E-state index contributed by atoms with van der Waals surface area (Å²) in [6.45, 7) is 0.744. The molecule has 1 aliphatic heterocycles. The highest BCUT2D eigenvalue weighted by atomic mass is 16.5. The van der Waals surface area contributed by atoms with Gasteiger partial charge in [0, 0.05) is 12.7 Å². The third-order valence-electron chi connectivity index (χ3n) is 2.31. The number of carbonyl (C=O) groups excluding carboxylic acids is 1. The number of amides is 1. The van der Waals surface area contributed by atoms with E-state index in [1.165, 1.54) is 12.4 Å². The molecular weight excluding hydrogens is 222 g/mol. The van der Waals surface area contributed by atoms with Gasteiger partial charge in [-0.1, -0.05) is 0 Å². The zero-order valence-electron chi connectivity index (χ0n) is 9.05. The van der Waals surface area contributed by atoms with Gasteiger partial charge in [-0.05, 0) is 6.07 Å². The molecule has 0 radical (unpaired) electrons. The number of nitrogens with zero attached hydrogens (tertiary/aromatic N) is 2. The summed E-state index contributed by atoms with van der Waals surface area (Å²) in [7, 11) is 0. The molecule has 1 aromatic heterocycles. The number of aromatic nitrogens is 1. The molecule has 17 heavy (non-hydrogen) atoms. The van der Waals surface area contributed by atoms with Crippen LogP contribution in [0, 0.1) is 11.3 Å². The summed E-state index contributed by atoms with van der Waals surface area (Å²) in [5, 5.41) is 11.5. The molecule has 1 atom stereocenters. The Labute approximate surface area is 98.2 Å². The van der Waals surface area contributed by atoms with Crippen LogP contribution in [0.3, 0.4) is 0 Å². The smallest absolute Gasteiger partial charge is 0.246 e. The van der Waals surface area contributed by atoms with Crippen LogP contribution in [0.4, 0.5) is 0 Å². The Balaban J connectivity index is 1.90. The lowest BCUT2D eigenvalue weighted by atomic mass is 10.2. The molecule has 1 aliphatic rings. The van der Waals surface area contributed by atoms with Gasteiger partial charge in [-0.2, -0.15) is 5.26 Å². The first-order chi connectivity index (χ1) is 8.29. The van der Waals surface area contributed by atoms with Crippen LogP contribution in [0.25, 0.3) is 0 Å². The van der Waals surface area contributed by atoms with E-state index < -0.39 is 0 Å². The van der Waals surface area contributed by atoms with Crippen LogP contribution in [-0.2, 0) is 9.53 Å². The summed E-state index contributed by atoms with van der Waals surface area (Å²) in [5.41, 5.74) is 0.430. The van der Waals surface area contributed by atoms with Crippen molar-refractivity contribution < 1.29 is 14.3 Å². The quantitative estimate of drug-likeness (QED) is 0.784. The van der Waals surface area contributed by atoms with Gasteiger partial charge in [0.05, 0.1) is 11.8 Å². The molecule has 1 fully saturated rings. The zero-order valence-corrected chi connectivity index (χ0v) is 9.05. The number of pyridine rings is 1. The van der Waals surface area contributed by atoms with Crippen LogP contribution in [-0.4, -0.2) is 36.8 Å². The first-order valence-electron chi connectivity index (χ1n) is 5.15. The Hall–Kier alpha value is -2.13. The van der Waals surface area contributed by atoms with Crippen molar-refractivity contribution in [3.63, 3.8) is 0 Å². The van der Waals surface area contributed by atoms with Gasteiger partial charge in [-0.25, -0.2) is 0 Å². The number of hydrogen-bond acceptors (Lipinski definition) is 5. The van der Waals surface area contributed by atoms with Crippen LogP contribution >= 0.6 is 0 Å². The molecule has 2 heterocycles. The van der Waals surface area contributed by atoms with E-state index in [1.807, 2.05) is 6.07 Å². The Bertz CT molecular complexity index is 446. The fourth-order valence-electron chi connectivity index (χ4n) is 1.41. The molecule has 6 heteroatoms. The third-order valence-corrected chi connectivity index (χ3v) is 2.31. The van der Waals surface area contributed by atoms with Crippen molar-refractivity contribution in [2.75, 3.05) is 19.8 Å². The summed E-state index contributed by atoms with van der Waals surface area (Å²) >= 11 is 0. The van der Waals surface area contributed by atoms with E-state index in [9.17, 15) is 4.79 Å². The van der Waals surface area contributed by atoms with Crippen molar-refractivity contribution in [2.45, 2.75) is 6.10 Å². The van der Waals surface area contributed by atoms with Gasteiger partial charge in [-0.15, -0.1) is 0 Å². The monoisotopic (exact) mass is 233 g/mol. The fraction of sp³-hybridized carbons (Fsp3) is 0.364. The maximum atomic E-state index is 10.9. The number of morpholine rings is 1. The van der Waals surface area contributed by atoms with Gasteiger partial charge < -0.3 is 14.8 Å².